The lowest BCUT2D eigenvalue weighted by Crippen LogP contribution is -2.33. The fraction of sp³-hybridized carbons (Fsp3) is 0.538. The minimum absolute atomic E-state index is 0.533. The lowest BCUT2D eigenvalue weighted by molar-refractivity contribution is 0.661. The van der Waals surface area contributed by atoms with E-state index in [1.165, 1.54) is 11.1 Å². The topological polar surface area (TPSA) is 63.3 Å². The highest BCUT2D eigenvalue weighted by Crippen LogP contribution is 2.04. The third kappa shape index (κ3) is 5.33. The highest BCUT2D eigenvalue weighted by atomic mass is 15.1. The van der Waals surface area contributed by atoms with Gasteiger partial charge < -0.3 is 11.1 Å². The Kier molecular flexibility index (Phi) is 5.46. The van der Waals surface area contributed by atoms with Crippen molar-refractivity contribution in [3.8, 4) is 0 Å². The van der Waals surface area contributed by atoms with Gasteiger partial charge in [0.25, 0.3) is 0 Å². The number of aliphatic imine (C=N–C) groups is 1. The minimum atomic E-state index is 0.533. The van der Waals surface area contributed by atoms with Gasteiger partial charge in [-0.25, -0.2) is 0 Å². The summed E-state index contributed by atoms with van der Waals surface area (Å²) in [7, 11) is 0. The number of hydrogen-bond donors (Lipinski definition) is 2. The molecule has 0 spiro atoms. The molecule has 0 aromatic carbocycles. The standard InChI is InChI=1S/C13H22N4/c1-10(2)8-17-13(14)16-7-5-12-4-6-15-9-11(12)3/h4,6,9-10H,5,7-8H2,1-3H3,(H3,14,16,17). The van der Waals surface area contributed by atoms with Gasteiger partial charge in [-0.05, 0) is 36.5 Å². The van der Waals surface area contributed by atoms with Crippen molar-refractivity contribution in [2.45, 2.75) is 27.2 Å². The average Bonchev–Trinajstić information content (AvgIpc) is 2.29. The maximum Gasteiger partial charge on any atom is 0.188 e. The Hall–Kier alpha value is -1.58. The number of aromatic nitrogens is 1. The molecule has 1 aromatic rings. The molecule has 1 heterocycles. The molecule has 0 aliphatic heterocycles. The summed E-state index contributed by atoms with van der Waals surface area (Å²) in [5.41, 5.74) is 8.26. The fourth-order valence-electron chi connectivity index (χ4n) is 1.44. The molecular weight excluding hydrogens is 212 g/mol. The van der Waals surface area contributed by atoms with Gasteiger partial charge in [-0.3, -0.25) is 9.98 Å². The molecule has 3 N–H and O–H groups in total. The Bertz CT molecular complexity index is 371. The van der Waals surface area contributed by atoms with Gasteiger partial charge in [0.1, 0.15) is 0 Å². The van der Waals surface area contributed by atoms with E-state index < -0.39 is 0 Å². The second kappa shape index (κ2) is 6.89. The van der Waals surface area contributed by atoms with Gasteiger partial charge in [-0.15, -0.1) is 0 Å². The Morgan fingerprint density at radius 3 is 2.94 bits per heavy atom. The van der Waals surface area contributed by atoms with Crippen LogP contribution in [0.15, 0.2) is 23.5 Å². The summed E-state index contributed by atoms with van der Waals surface area (Å²) in [4.78, 5) is 8.32. The quantitative estimate of drug-likeness (QED) is 0.599. The molecule has 0 bridgehead atoms. The van der Waals surface area contributed by atoms with Crippen LogP contribution >= 0.6 is 0 Å². The van der Waals surface area contributed by atoms with Gasteiger partial charge in [-0.2, -0.15) is 0 Å². The Morgan fingerprint density at radius 2 is 2.29 bits per heavy atom. The Labute approximate surface area is 103 Å². The van der Waals surface area contributed by atoms with Crippen molar-refractivity contribution in [3.05, 3.63) is 29.6 Å². The Morgan fingerprint density at radius 1 is 1.53 bits per heavy atom. The second-order valence-corrected chi connectivity index (χ2v) is 4.60. The van der Waals surface area contributed by atoms with Crippen LogP contribution in [-0.2, 0) is 6.42 Å². The predicted octanol–water partition coefficient (Wildman–Crippen LogP) is 1.49. The number of guanidine groups is 1. The van der Waals surface area contributed by atoms with Crippen LogP contribution in [0, 0.1) is 12.8 Å². The van der Waals surface area contributed by atoms with Crippen LogP contribution in [0.1, 0.15) is 25.0 Å². The molecule has 4 heteroatoms. The molecule has 0 saturated carbocycles. The molecule has 0 aliphatic carbocycles. The van der Waals surface area contributed by atoms with Gasteiger partial charge in [0.2, 0.25) is 0 Å². The molecule has 1 aromatic heterocycles. The number of hydrogen-bond acceptors (Lipinski definition) is 2. The highest BCUT2D eigenvalue weighted by Gasteiger charge is 1.98. The second-order valence-electron chi connectivity index (χ2n) is 4.60. The van der Waals surface area contributed by atoms with Crippen LogP contribution in [0.5, 0.6) is 0 Å². The summed E-state index contributed by atoms with van der Waals surface area (Å²) in [5, 5.41) is 3.12. The smallest absolute Gasteiger partial charge is 0.188 e. The zero-order valence-electron chi connectivity index (χ0n) is 10.9. The molecule has 0 atom stereocenters. The number of nitrogens with zero attached hydrogens (tertiary/aromatic N) is 2. The van der Waals surface area contributed by atoms with Crippen molar-refractivity contribution in [1.29, 1.82) is 0 Å². The molecule has 17 heavy (non-hydrogen) atoms. The van der Waals surface area contributed by atoms with E-state index >= 15 is 0 Å². The average molecular weight is 234 g/mol. The van der Waals surface area contributed by atoms with Crippen LogP contribution in [0.4, 0.5) is 0 Å². The van der Waals surface area contributed by atoms with E-state index in [1.54, 1.807) is 0 Å². The van der Waals surface area contributed by atoms with Crippen LogP contribution in [-0.4, -0.2) is 24.0 Å². The van der Waals surface area contributed by atoms with Crippen molar-refractivity contribution in [2.24, 2.45) is 16.6 Å². The van der Waals surface area contributed by atoms with Crippen molar-refractivity contribution in [3.63, 3.8) is 0 Å². The lowest BCUT2D eigenvalue weighted by atomic mass is 10.1. The predicted molar refractivity (Wildman–Crippen MR) is 72.0 cm³/mol. The van der Waals surface area contributed by atoms with Crippen LogP contribution in [0.25, 0.3) is 0 Å². The van der Waals surface area contributed by atoms with E-state index in [0.29, 0.717) is 11.9 Å². The highest BCUT2D eigenvalue weighted by molar-refractivity contribution is 5.77. The fourth-order valence-corrected chi connectivity index (χ4v) is 1.44. The molecular formula is C13H22N4. The van der Waals surface area contributed by atoms with Crippen LogP contribution < -0.4 is 11.1 Å². The van der Waals surface area contributed by atoms with Crippen molar-refractivity contribution in [2.75, 3.05) is 13.1 Å². The molecule has 0 aliphatic rings. The summed E-state index contributed by atoms with van der Waals surface area (Å²) in [5.74, 6) is 1.07. The summed E-state index contributed by atoms with van der Waals surface area (Å²) >= 11 is 0. The summed E-state index contributed by atoms with van der Waals surface area (Å²) in [6.07, 6.45) is 4.64. The largest absolute Gasteiger partial charge is 0.370 e. The first kappa shape index (κ1) is 13.5. The normalized spacial score (nSPS) is 11.9. The molecule has 4 nitrogen and oxygen atoms in total. The zero-order valence-corrected chi connectivity index (χ0v) is 10.9. The first-order chi connectivity index (χ1) is 8.09. The van der Waals surface area contributed by atoms with Crippen molar-refractivity contribution in [1.82, 2.24) is 10.3 Å². The molecule has 1 rings (SSSR count). The molecule has 0 unspecified atom stereocenters. The van der Waals surface area contributed by atoms with Crippen molar-refractivity contribution >= 4 is 5.96 Å². The zero-order chi connectivity index (χ0) is 12.7. The third-order valence-electron chi connectivity index (χ3n) is 2.46. The maximum atomic E-state index is 5.75. The molecule has 0 amide bonds. The number of rotatable bonds is 5. The van der Waals surface area contributed by atoms with Crippen LogP contribution in [0.3, 0.4) is 0 Å². The third-order valence-corrected chi connectivity index (χ3v) is 2.46. The van der Waals surface area contributed by atoms with Gasteiger partial charge in [0.05, 0.1) is 0 Å². The summed E-state index contributed by atoms with van der Waals surface area (Å²) in [6.45, 7) is 7.89. The summed E-state index contributed by atoms with van der Waals surface area (Å²) in [6, 6.07) is 2.04. The molecule has 0 fully saturated rings. The van der Waals surface area contributed by atoms with Gasteiger partial charge in [0.15, 0.2) is 5.96 Å². The first-order valence-electron chi connectivity index (χ1n) is 6.03. The van der Waals surface area contributed by atoms with E-state index in [1.807, 2.05) is 18.5 Å². The monoisotopic (exact) mass is 234 g/mol. The van der Waals surface area contributed by atoms with Gasteiger partial charge >= 0.3 is 0 Å². The van der Waals surface area contributed by atoms with Crippen LogP contribution in [0.2, 0.25) is 0 Å². The number of nitrogens with one attached hydrogen (secondary N) is 1. The van der Waals surface area contributed by atoms with Crippen molar-refractivity contribution < 1.29 is 0 Å². The van der Waals surface area contributed by atoms with E-state index in [0.717, 1.165) is 19.5 Å². The van der Waals surface area contributed by atoms with E-state index in [-0.39, 0.29) is 0 Å². The SMILES string of the molecule is Cc1cnccc1CCNC(N)=NCC(C)C. The van der Waals surface area contributed by atoms with Gasteiger partial charge in [-0.1, -0.05) is 13.8 Å². The van der Waals surface area contributed by atoms with Gasteiger partial charge in [0, 0.05) is 25.5 Å². The minimum Gasteiger partial charge on any atom is -0.370 e. The number of pyridine rings is 1. The maximum absolute atomic E-state index is 5.75. The molecule has 94 valence electrons. The Balaban J connectivity index is 2.33. The van der Waals surface area contributed by atoms with E-state index in [2.05, 4.69) is 36.1 Å². The summed E-state index contributed by atoms with van der Waals surface area (Å²) < 4.78 is 0. The first-order valence-corrected chi connectivity index (χ1v) is 6.03. The van der Waals surface area contributed by atoms with E-state index in [9.17, 15) is 0 Å². The molecule has 0 radical (unpaired) electrons. The lowest BCUT2D eigenvalue weighted by Gasteiger charge is -2.08. The molecule has 0 saturated heterocycles. The number of aryl methyl sites for hydroxylation is 1. The van der Waals surface area contributed by atoms with E-state index in [4.69, 9.17) is 5.73 Å². The number of nitrogens with two attached hydrogens (primary N) is 1.